The van der Waals surface area contributed by atoms with Gasteiger partial charge >= 0.3 is 0 Å². The van der Waals surface area contributed by atoms with E-state index in [-0.39, 0.29) is 18.2 Å². The van der Waals surface area contributed by atoms with Crippen molar-refractivity contribution in [3.63, 3.8) is 0 Å². The van der Waals surface area contributed by atoms with Crippen LogP contribution in [-0.4, -0.2) is 29.8 Å². The molecule has 2 aromatic rings. The van der Waals surface area contributed by atoms with E-state index >= 15 is 0 Å². The Bertz CT molecular complexity index is 809. The summed E-state index contributed by atoms with van der Waals surface area (Å²) in [6, 6.07) is 11.7. The summed E-state index contributed by atoms with van der Waals surface area (Å²) >= 11 is 17.9. The van der Waals surface area contributed by atoms with Crippen LogP contribution in [0.3, 0.4) is 0 Å². The highest BCUT2D eigenvalue weighted by Crippen LogP contribution is 2.24. The van der Waals surface area contributed by atoms with Crippen LogP contribution >= 0.6 is 34.8 Å². The van der Waals surface area contributed by atoms with Gasteiger partial charge in [-0.2, -0.15) is 0 Å². The molecule has 2 amide bonds. The fourth-order valence-electron chi connectivity index (χ4n) is 2.80. The molecule has 0 unspecified atom stereocenters. The molecule has 7 heteroatoms. The largest absolute Gasteiger partial charge is 0.357 e. The van der Waals surface area contributed by atoms with Gasteiger partial charge in [-0.1, -0.05) is 59.9 Å². The lowest BCUT2D eigenvalue weighted by atomic mass is 10.1. The smallest absolute Gasteiger partial charge is 0.242 e. The van der Waals surface area contributed by atoms with Crippen molar-refractivity contribution < 1.29 is 9.59 Å². The molecule has 1 N–H and O–H groups in total. The number of hydrogen-bond acceptors (Lipinski definition) is 2. The molecular formula is C20H21Cl3N2O2. The molecule has 0 bridgehead atoms. The van der Waals surface area contributed by atoms with E-state index in [2.05, 4.69) is 5.32 Å². The van der Waals surface area contributed by atoms with Crippen molar-refractivity contribution in [3.05, 3.63) is 68.7 Å². The second-order valence-electron chi connectivity index (χ2n) is 6.11. The number of likely N-dealkylation sites (N-methyl/N-ethyl adjacent to an activating group) is 1. The lowest BCUT2D eigenvalue weighted by molar-refractivity contribution is -0.140. The number of amides is 2. The van der Waals surface area contributed by atoms with E-state index < -0.39 is 6.04 Å². The highest BCUT2D eigenvalue weighted by Gasteiger charge is 2.28. The molecule has 0 radical (unpaired) electrons. The zero-order valence-electron chi connectivity index (χ0n) is 15.1. The minimum absolute atomic E-state index is 0.123. The summed E-state index contributed by atoms with van der Waals surface area (Å²) in [5.41, 5.74) is 1.63. The van der Waals surface area contributed by atoms with Gasteiger partial charge in [-0.05, 0) is 41.8 Å². The minimum atomic E-state index is -0.569. The Kier molecular flexibility index (Phi) is 7.96. The zero-order chi connectivity index (χ0) is 20.0. The third-order valence-electron chi connectivity index (χ3n) is 4.24. The van der Waals surface area contributed by atoms with E-state index in [0.717, 1.165) is 11.1 Å². The molecule has 2 rings (SSSR count). The standard InChI is InChI=1S/C20H21Cl3N2O2/c1-3-18(20(27)24-2)25(12-13-4-7-15(21)8-5-13)19(26)11-14-6-9-16(22)17(23)10-14/h4-10,18H,3,11-12H2,1-2H3,(H,24,27)/t18-/m1/s1. The molecule has 0 saturated carbocycles. The van der Waals surface area contributed by atoms with Crippen molar-refractivity contribution in [1.29, 1.82) is 0 Å². The van der Waals surface area contributed by atoms with Crippen LogP contribution in [0.1, 0.15) is 24.5 Å². The summed E-state index contributed by atoms with van der Waals surface area (Å²) in [6.45, 7) is 2.18. The Morgan fingerprint density at radius 3 is 2.19 bits per heavy atom. The van der Waals surface area contributed by atoms with Crippen molar-refractivity contribution in [2.45, 2.75) is 32.4 Å². The maximum atomic E-state index is 13.0. The quantitative estimate of drug-likeness (QED) is 0.693. The highest BCUT2D eigenvalue weighted by atomic mass is 35.5. The average Bonchev–Trinajstić information content (AvgIpc) is 2.65. The minimum Gasteiger partial charge on any atom is -0.357 e. The van der Waals surface area contributed by atoms with E-state index in [9.17, 15) is 9.59 Å². The summed E-state index contributed by atoms with van der Waals surface area (Å²) in [5, 5.41) is 4.08. The topological polar surface area (TPSA) is 49.4 Å². The lowest BCUT2D eigenvalue weighted by Gasteiger charge is -2.30. The van der Waals surface area contributed by atoms with Crippen LogP contribution in [-0.2, 0) is 22.6 Å². The van der Waals surface area contributed by atoms with E-state index in [1.54, 1.807) is 42.3 Å². The number of nitrogens with zero attached hydrogens (tertiary/aromatic N) is 1. The predicted molar refractivity (Wildman–Crippen MR) is 110 cm³/mol. The van der Waals surface area contributed by atoms with E-state index in [1.807, 2.05) is 19.1 Å². The summed E-state index contributed by atoms with van der Waals surface area (Å²) in [7, 11) is 1.56. The second-order valence-corrected chi connectivity index (χ2v) is 7.36. The van der Waals surface area contributed by atoms with E-state index in [4.69, 9.17) is 34.8 Å². The first kappa shape index (κ1) is 21.5. The molecule has 0 fully saturated rings. The Hall–Kier alpha value is -1.75. The molecule has 27 heavy (non-hydrogen) atoms. The van der Waals surface area contributed by atoms with Crippen LogP contribution in [0.4, 0.5) is 0 Å². The van der Waals surface area contributed by atoms with Crippen LogP contribution in [0.2, 0.25) is 15.1 Å². The first-order valence-corrected chi connectivity index (χ1v) is 9.68. The molecule has 0 aliphatic rings. The summed E-state index contributed by atoms with van der Waals surface area (Å²) < 4.78 is 0. The van der Waals surface area contributed by atoms with Gasteiger partial charge in [-0.25, -0.2) is 0 Å². The number of carbonyl (C=O) groups excluding carboxylic acids is 2. The molecule has 4 nitrogen and oxygen atoms in total. The molecule has 0 spiro atoms. The van der Waals surface area contributed by atoms with Gasteiger partial charge in [-0.3, -0.25) is 9.59 Å². The number of nitrogens with one attached hydrogen (secondary N) is 1. The van der Waals surface area contributed by atoms with Crippen LogP contribution in [0.5, 0.6) is 0 Å². The normalized spacial score (nSPS) is 11.7. The van der Waals surface area contributed by atoms with Gasteiger partial charge in [0, 0.05) is 18.6 Å². The SMILES string of the molecule is CC[C@H](C(=O)NC)N(Cc1ccc(Cl)cc1)C(=O)Cc1ccc(Cl)c(Cl)c1. The molecule has 0 saturated heterocycles. The zero-order valence-corrected chi connectivity index (χ0v) is 17.4. The molecule has 0 aromatic heterocycles. The van der Waals surface area contributed by atoms with E-state index in [0.29, 0.717) is 28.0 Å². The number of benzene rings is 2. The van der Waals surface area contributed by atoms with Crippen LogP contribution < -0.4 is 5.32 Å². The molecule has 2 aromatic carbocycles. The highest BCUT2D eigenvalue weighted by molar-refractivity contribution is 6.42. The number of rotatable bonds is 7. The fraction of sp³-hybridized carbons (Fsp3) is 0.300. The summed E-state index contributed by atoms with van der Waals surface area (Å²) in [6.07, 6.45) is 0.623. The maximum Gasteiger partial charge on any atom is 0.242 e. The van der Waals surface area contributed by atoms with Gasteiger partial charge in [0.1, 0.15) is 6.04 Å². The number of halogens is 3. The third-order valence-corrected chi connectivity index (χ3v) is 5.23. The lowest BCUT2D eigenvalue weighted by Crippen LogP contribution is -2.48. The average molecular weight is 428 g/mol. The summed E-state index contributed by atoms with van der Waals surface area (Å²) in [5.74, 6) is -0.368. The molecule has 1 atom stereocenters. The van der Waals surface area contributed by atoms with Gasteiger partial charge < -0.3 is 10.2 Å². The molecule has 144 valence electrons. The van der Waals surface area contributed by atoms with Crippen LogP contribution in [0, 0.1) is 0 Å². The maximum absolute atomic E-state index is 13.0. The van der Waals surface area contributed by atoms with Crippen molar-refractivity contribution in [2.75, 3.05) is 7.05 Å². The first-order chi connectivity index (χ1) is 12.8. The Morgan fingerprint density at radius 2 is 1.63 bits per heavy atom. The Morgan fingerprint density at radius 1 is 1.00 bits per heavy atom. The van der Waals surface area contributed by atoms with Gasteiger partial charge in [0.15, 0.2) is 0 Å². The van der Waals surface area contributed by atoms with Crippen molar-refractivity contribution in [3.8, 4) is 0 Å². The molecule has 0 aliphatic heterocycles. The first-order valence-electron chi connectivity index (χ1n) is 8.55. The number of carbonyl (C=O) groups is 2. The molecular weight excluding hydrogens is 407 g/mol. The van der Waals surface area contributed by atoms with Crippen LogP contribution in [0.15, 0.2) is 42.5 Å². The van der Waals surface area contributed by atoms with E-state index in [1.165, 1.54) is 0 Å². The third kappa shape index (κ3) is 5.86. The second kappa shape index (κ2) is 9.98. The predicted octanol–water partition coefficient (Wildman–Crippen LogP) is 4.74. The Balaban J connectivity index is 2.28. The van der Waals surface area contributed by atoms with Gasteiger partial charge in [0.05, 0.1) is 16.5 Å². The van der Waals surface area contributed by atoms with Crippen LogP contribution in [0.25, 0.3) is 0 Å². The van der Waals surface area contributed by atoms with Gasteiger partial charge in [0.25, 0.3) is 0 Å². The molecule has 0 aliphatic carbocycles. The van der Waals surface area contributed by atoms with Crippen molar-refractivity contribution in [2.24, 2.45) is 0 Å². The van der Waals surface area contributed by atoms with Gasteiger partial charge in [0.2, 0.25) is 11.8 Å². The monoisotopic (exact) mass is 426 g/mol. The fourth-order valence-corrected chi connectivity index (χ4v) is 3.25. The number of hydrogen-bond donors (Lipinski definition) is 1. The summed E-state index contributed by atoms with van der Waals surface area (Å²) in [4.78, 5) is 27.0. The van der Waals surface area contributed by atoms with Gasteiger partial charge in [-0.15, -0.1) is 0 Å². The van der Waals surface area contributed by atoms with Crippen molar-refractivity contribution >= 4 is 46.6 Å². The molecule has 0 heterocycles. The van der Waals surface area contributed by atoms with Crippen molar-refractivity contribution in [1.82, 2.24) is 10.2 Å². The Labute approximate surface area is 174 Å².